The average Bonchev–Trinajstić information content (AvgIpc) is 2.92. The molecule has 3 N–H and O–H groups in total. The maximum atomic E-state index is 8.90. The molecule has 0 amide bonds. The molecule has 19 heavy (non-hydrogen) atoms. The number of anilines is 2. The Bertz CT molecular complexity index is 596. The Kier molecular flexibility index (Phi) is 3.72. The van der Waals surface area contributed by atoms with Crippen LogP contribution in [0.1, 0.15) is 24.4 Å². The molecule has 0 aliphatic carbocycles. The molecule has 0 saturated heterocycles. The molecule has 0 fully saturated rings. The van der Waals surface area contributed by atoms with E-state index in [-0.39, 0.29) is 11.1 Å². The van der Waals surface area contributed by atoms with Crippen molar-refractivity contribution in [2.75, 3.05) is 17.6 Å². The van der Waals surface area contributed by atoms with Gasteiger partial charge in [0.2, 0.25) is 0 Å². The number of nitrogens with one attached hydrogen (secondary N) is 1. The van der Waals surface area contributed by atoms with Gasteiger partial charge in [0.25, 0.3) is 0 Å². The van der Waals surface area contributed by atoms with E-state index in [0.717, 1.165) is 6.54 Å². The summed E-state index contributed by atoms with van der Waals surface area (Å²) in [6.07, 6.45) is 0. The molecule has 0 radical (unpaired) electrons. The van der Waals surface area contributed by atoms with Gasteiger partial charge in [-0.15, -0.1) is 11.3 Å². The molecule has 0 spiro atoms. The number of rotatable bonds is 4. The van der Waals surface area contributed by atoms with Gasteiger partial charge in [0, 0.05) is 16.8 Å². The van der Waals surface area contributed by atoms with E-state index in [1.807, 2.05) is 6.07 Å². The summed E-state index contributed by atoms with van der Waals surface area (Å²) in [6.45, 7) is 5.10. The van der Waals surface area contributed by atoms with E-state index >= 15 is 0 Å². The number of nitrogens with zero attached hydrogens (tertiary/aromatic N) is 2. The van der Waals surface area contributed by atoms with Crippen LogP contribution in [0.15, 0.2) is 29.6 Å². The molecule has 0 aliphatic rings. The zero-order valence-corrected chi connectivity index (χ0v) is 11.8. The predicted molar refractivity (Wildman–Crippen MR) is 79.2 cm³/mol. The molecule has 2 rings (SSSR count). The van der Waals surface area contributed by atoms with Crippen LogP contribution in [0.3, 0.4) is 0 Å². The summed E-state index contributed by atoms with van der Waals surface area (Å²) in [7, 11) is 0. The number of pyridine rings is 1. The highest BCUT2D eigenvalue weighted by molar-refractivity contribution is 7.10. The molecule has 4 nitrogen and oxygen atoms in total. The smallest absolute Gasteiger partial charge is 0.165 e. The van der Waals surface area contributed by atoms with Gasteiger partial charge in [0.15, 0.2) is 5.69 Å². The average molecular weight is 272 g/mol. The highest BCUT2D eigenvalue weighted by Gasteiger charge is 2.21. The fraction of sp³-hybridized carbons (Fsp3) is 0.286. The number of aromatic nitrogens is 1. The quantitative estimate of drug-likeness (QED) is 0.897. The van der Waals surface area contributed by atoms with E-state index < -0.39 is 0 Å². The van der Waals surface area contributed by atoms with E-state index in [9.17, 15) is 0 Å². The van der Waals surface area contributed by atoms with Crippen molar-refractivity contribution in [1.29, 1.82) is 5.26 Å². The number of nitriles is 1. The summed E-state index contributed by atoms with van der Waals surface area (Å²) in [5.74, 6) is 0.676. The fourth-order valence-corrected chi connectivity index (χ4v) is 2.57. The second-order valence-electron chi connectivity index (χ2n) is 4.96. The van der Waals surface area contributed by atoms with Gasteiger partial charge in [0.1, 0.15) is 11.9 Å². The van der Waals surface area contributed by atoms with Gasteiger partial charge in [-0.3, -0.25) is 0 Å². The molecule has 5 heteroatoms. The third kappa shape index (κ3) is 3.04. The minimum atomic E-state index is 0.0179. The van der Waals surface area contributed by atoms with Crippen LogP contribution in [0.4, 0.5) is 11.5 Å². The van der Waals surface area contributed by atoms with Crippen molar-refractivity contribution >= 4 is 22.8 Å². The highest BCUT2D eigenvalue weighted by Crippen LogP contribution is 2.27. The van der Waals surface area contributed by atoms with Crippen molar-refractivity contribution in [2.24, 2.45) is 0 Å². The summed E-state index contributed by atoms with van der Waals surface area (Å²) in [4.78, 5) is 5.50. The standard InChI is InChI=1S/C14H16N4S/c1-14(2,12-4-3-7-19-12)9-17-13-6-5-10(16)11(8-15)18-13/h3-7H,9,16H2,1-2H3,(H,17,18). The van der Waals surface area contributed by atoms with Crippen LogP contribution in [-0.4, -0.2) is 11.5 Å². The zero-order chi connectivity index (χ0) is 13.9. The topological polar surface area (TPSA) is 74.7 Å². The Morgan fingerprint density at radius 2 is 2.21 bits per heavy atom. The third-order valence-electron chi connectivity index (χ3n) is 2.93. The Labute approximate surface area is 116 Å². The second-order valence-corrected chi connectivity index (χ2v) is 5.91. The zero-order valence-electron chi connectivity index (χ0n) is 11.0. The van der Waals surface area contributed by atoms with E-state index in [2.05, 4.69) is 41.7 Å². The molecule has 2 aromatic heterocycles. The first-order valence-electron chi connectivity index (χ1n) is 5.97. The summed E-state index contributed by atoms with van der Waals surface area (Å²) in [6, 6.07) is 9.66. The van der Waals surface area contributed by atoms with Crippen LogP contribution in [-0.2, 0) is 5.41 Å². The third-order valence-corrected chi connectivity index (χ3v) is 4.17. The Morgan fingerprint density at radius 1 is 1.42 bits per heavy atom. The van der Waals surface area contributed by atoms with Gasteiger partial charge in [-0.2, -0.15) is 5.26 Å². The normalized spacial score (nSPS) is 11.0. The molecular formula is C14H16N4S. The van der Waals surface area contributed by atoms with Crippen LogP contribution in [0, 0.1) is 11.3 Å². The SMILES string of the molecule is CC(C)(CNc1ccc(N)c(C#N)n1)c1cccs1. The monoisotopic (exact) mass is 272 g/mol. The Hall–Kier alpha value is -2.06. The van der Waals surface area contributed by atoms with Crippen molar-refractivity contribution in [1.82, 2.24) is 4.98 Å². The molecule has 0 aromatic carbocycles. The van der Waals surface area contributed by atoms with Gasteiger partial charge in [-0.1, -0.05) is 19.9 Å². The van der Waals surface area contributed by atoms with Crippen LogP contribution >= 0.6 is 11.3 Å². The minimum Gasteiger partial charge on any atom is -0.396 e. The molecule has 98 valence electrons. The summed E-state index contributed by atoms with van der Waals surface area (Å²) >= 11 is 1.74. The van der Waals surface area contributed by atoms with Crippen LogP contribution < -0.4 is 11.1 Å². The largest absolute Gasteiger partial charge is 0.396 e. The summed E-state index contributed by atoms with van der Waals surface area (Å²) in [5, 5.41) is 14.2. The van der Waals surface area contributed by atoms with E-state index in [0.29, 0.717) is 11.5 Å². The lowest BCUT2D eigenvalue weighted by Crippen LogP contribution is -2.26. The molecule has 0 bridgehead atoms. The van der Waals surface area contributed by atoms with E-state index in [4.69, 9.17) is 11.0 Å². The molecule has 2 heterocycles. The van der Waals surface area contributed by atoms with Crippen molar-refractivity contribution in [3.8, 4) is 6.07 Å². The number of nitrogens with two attached hydrogens (primary N) is 1. The van der Waals surface area contributed by atoms with E-state index in [1.54, 1.807) is 23.5 Å². The first-order valence-corrected chi connectivity index (χ1v) is 6.85. The molecule has 0 saturated carbocycles. The number of nitrogen functional groups attached to an aromatic ring is 1. The molecular weight excluding hydrogens is 256 g/mol. The lowest BCUT2D eigenvalue weighted by atomic mass is 9.91. The first kappa shape index (κ1) is 13.4. The van der Waals surface area contributed by atoms with Crippen molar-refractivity contribution in [2.45, 2.75) is 19.3 Å². The van der Waals surface area contributed by atoms with Gasteiger partial charge >= 0.3 is 0 Å². The van der Waals surface area contributed by atoms with Gasteiger partial charge in [-0.05, 0) is 23.6 Å². The first-order chi connectivity index (χ1) is 9.03. The second kappa shape index (κ2) is 5.29. The van der Waals surface area contributed by atoms with Crippen molar-refractivity contribution in [3.05, 3.63) is 40.2 Å². The fourth-order valence-electron chi connectivity index (χ4n) is 1.72. The van der Waals surface area contributed by atoms with Crippen LogP contribution in [0.25, 0.3) is 0 Å². The van der Waals surface area contributed by atoms with Crippen LogP contribution in [0.2, 0.25) is 0 Å². The van der Waals surface area contributed by atoms with Gasteiger partial charge < -0.3 is 11.1 Å². The Balaban J connectivity index is 2.09. The maximum absolute atomic E-state index is 8.90. The molecule has 0 atom stereocenters. The van der Waals surface area contributed by atoms with E-state index in [1.165, 1.54) is 4.88 Å². The lowest BCUT2D eigenvalue weighted by Gasteiger charge is -2.24. The molecule has 0 aliphatic heterocycles. The predicted octanol–water partition coefficient (Wildman–Crippen LogP) is 2.99. The minimum absolute atomic E-state index is 0.0179. The summed E-state index contributed by atoms with van der Waals surface area (Å²) in [5.41, 5.74) is 6.34. The number of hydrogen-bond donors (Lipinski definition) is 2. The summed E-state index contributed by atoms with van der Waals surface area (Å²) < 4.78 is 0. The lowest BCUT2D eigenvalue weighted by molar-refractivity contribution is 0.568. The van der Waals surface area contributed by atoms with Crippen molar-refractivity contribution in [3.63, 3.8) is 0 Å². The Morgan fingerprint density at radius 3 is 2.84 bits per heavy atom. The van der Waals surface area contributed by atoms with Crippen molar-refractivity contribution < 1.29 is 0 Å². The number of thiophene rings is 1. The maximum Gasteiger partial charge on any atom is 0.165 e. The van der Waals surface area contributed by atoms with Gasteiger partial charge in [-0.25, -0.2) is 4.98 Å². The number of hydrogen-bond acceptors (Lipinski definition) is 5. The highest BCUT2D eigenvalue weighted by atomic mass is 32.1. The molecule has 2 aromatic rings. The molecule has 0 unspecified atom stereocenters. The van der Waals surface area contributed by atoms with Gasteiger partial charge in [0.05, 0.1) is 5.69 Å². The van der Waals surface area contributed by atoms with Crippen LogP contribution in [0.5, 0.6) is 0 Å².